The van der Waals surface area contributed by atoms with E-state index in [0.29, 0.717) is 17.7 Å². The summed E-state index contributed by atoms with van der Waals surface area (Å²) in [4.78, 5) is 22.7. The summed E-state index contributed by atoms with van der Waals surface area (Å²) in [7, 11) is 0. The Morgan fingerprint density at radius 3 is 2.24 bits per heavy atom. The second-order valence-corrected chi connectivity index (χ2v) is 6.48. The van der Waals surface area contributed by atoms with Crippen molar-refractivity contribution < 1.29 is 14.1 Å². The second kappa shape index (κ2) is 9.45. The third-order valence-corrected chi connectivity index (χ3v) is 4.42. The molecule has 0 saturated carbocycles. The first kappa shape index (κ1) is 20.0. The Balaban J connectivity index is 1.52. The van der Waals surface area contributed by atoms with E-state index in [1.807, 2.05) is 24.3 Å². The van der Waals surface area contributed by atoms with Gasteiger partial charge in [-0.25, -0.2) is 4.39 Å². The lowest BCUT2D eigenvalue weighted by molar-refractivity contribution is -0.385. The van der Waals surface area contributed by atoms with E-state index in [2.05, 4.69) is 10.6 Å². The molecule has 7 heteroatoms. The number of rotatable bonds is 8. The van der Waals surface area contributed by atoms with E-state index in [9.17, 15) is 19.3 Å². The topological polar surface area (TPSA) is 84.3 Å². The molecule has 0 fully saturated rings. The van der Waals surface area contributed by atoms with Crippen LogP contribution in [0.3, 0.4) is 0 Å². The minimum Gasteiger partial charge on any atom is -0.381 e. The van der Waals surface area contributed by atoms with Gasteiger partial charge >= 0.3 is 0 Å². The van der Waals surface area contributed by atoms with Gasteiger partial charge in [0.1, 0.15) is 5.82 Å². The molecule has 0 radical (unpaired) electrons. The van der Waals surface area contributed by atoms with Crippen LogP contribution < -0.4 is 10.6 Å². The minimum atomic E-state index is -0.403. The van der Waals surface area contributed by atoms with Gasteiger partial charge in [0, 0.05) is 36.0 Å². The first-order valence-corrected chi connectivity index (χ1v) is 9.08. The fraction of sp³-hybridized carbons (Fsp3) is 0.136. The van der Waals surface area contributed by atoms with Crippen molar-refractivity contribution in [3.05, 3.63) is 105 Å². The molecule has 3 aromatic carbocycles. The average molecular weight is 393 g/mol. The van der Waals surface area contributed by atoms with Gasteiger partial charge < -0.3 is 10.6 Å². The van der Waals surface area contributed by atoms with Crippen molar-refractivity contribution in [2.24, 2.45) is 0 Å². The SMILES string of the molecule is O=C(Cc1ccc(NCc2ccccc2[N+](=O)[O-])cc1)NCc1ccccc1F. The number of nitrogens with zero attached hydrogens (tertiary/aromatic N) is 1. The van der Waals surface area contributed by atoms with Crippen LogP contribution in [0.5, 0.6) is 0 Å². The van der Waals surface area contributed by atoms with Crippen LogP contribution in [0.25, 0.3) is 0 Å². The molecule has 1 amide bonds. The first-order valence-electron chi connectivity index (χ1n) is 9.08. The maximum absolute atomic E-state index is 13.6. The van der Waals surface area contributed by atoms with E-state index >= 15 is 0 Å². The summed E-state index contributed by atoms with van der Waals surface area (Å²) in [6.07, 6.45) is 0.179. The highest BCUT2D eigenvalue weighted by Gasteiger charge is 2.11. The van der Waals surface area contributed by atoms with Crippen LogP contribution in [0.4, 0.5) is 15.8 Å². The van der Waals surface area contributed by atoms with Crippen molar-refractivity contribution >= 4 is 17.3 Å². The summed E-state index contributed by atoms with van der Waals surface area (Å²) in [6.45, 7) is 0.459. The highest BCUT2D eigenvalue weighted by molar-refractivity contribution is 5.78. The maximum atomic E-state index is 13.6. The Labute approximate surface area is 167 Å². The van der Waals surface area contributed by atoms with Crippen LogP contribution in [-0.2, 0) is 24.3 Å². The van der Waals surface area contributed by atoms with Crippen LogP contribution >= 0.6 is 0 Å². The average Bonchev–Trinajstić information content (AvgIpc) is 2.73. The van der Waals surface area contributed by atoms with Gasteiger partial charge in [-0.15, -0.1) is 0 Å². The van der Waals surface area contributed by atoms with E-state index in [-0.39, 0.29) is 30.4 Å². The van der Waals surface area contributed by atoms with Crippen LogP contribution in [0.1, 0.15) is 16.7 Å². The number of carbonyl (C=O) groups is 1. The number of benzene rings is 3. The molecule has 3 rings (SSSR count). The molecular weight excluding hydrogens is 373 g/mol. The molecular formula is C22H20FN3O3. The van der Waals surface area contributed by atoms with Gasteiger partial charge in [0.05, 0.1) is 11.3 Å². The zero-order valence-corrected chi connectivity index (χ0v) is 15.6. The largest absolute Gasteiger partial charge is 0.381 e. The quantitative estimate of drug-likeness (QED) is 0.444. The van der Waals surface area contributed by atoms with Crippen molar-refractivity contribution in [3.8, 4) is 0 Å². The molecule has 6 nitrogen and oxygen atoms in total. The Hall–Kier alpha value is -3.74. The number of carbonyl (C=O) groups excluding carboxylic acids is 1. The van der Waals surface area contributed by atoms with E-state index < -0.39 is 4.92 Å². The Kier molecular flexibility index (Phi) is 6.52. The van der Waals surface area contributed by atoms with Gasteiger partial charge in [-0.2, -0.15) is 0 Å². The van der Waals surface area contributed by atoms with Gasteiger partial charge in [-0.05, 0) is 23.8 Å². The number of anilines is 1. The predicted molar refractivity (Wildman–Crippen MR) is 109 cm³/mol. The van der Waals surface area contributed by atoms with Crippen molar-refractivity contribution in [1.29, 1.82) is 0 Å². The summed E-state index contributed by atoms with van der Waals surface area (Å²) in [5.74, 6) is -0.546. The number of hydrogen-bond donors (Lipinski definition) is 2. The molecule has 0 saturated heterocycles. The molecule has 29 heavy (non-hydrogen) atoms. The molecule has 0 heterocycles. The molecule has 3 aromatic rings. The Morgan fingerprint density at radius 1 is 0.897 bits per heavy atom. The molecule has 0 aliphatic carbocycles. The number of hydrogen-bond acceptors (Lipinski definition) is 4. The van der Waals surface area contributed by atoms with Crippen molar-refractivity contribution in [1.82, 2.24) is 5.32 Å². The summed E-state index contributed by atoms with van der Waals surface area (Å²) in [5.41, 5.74) is 2.71. The molecule has 0 aromatic heterocycles. The van der Waals surface area contributed by atoms with Crippen molar-refractivity contribution in [3.63, 3.8) is 0 Å². The number of amides is 1. The lowest BCUT2D eigenvalue weighted by Gasteiger charge is -2.09. The van der Waals surface area contributed by atoms with E-state index in [4.69, 9.17) is 0 Å². The zero-order chi connectivity index (χ0) is 20.6. The Bertz CT molecular complexity index is 1010. The Morgan fingerprint density at radius 2 is 1.55 bits per heavy atom. The fourth-order valence-corrected chi connectivity index (χ4v) is 2.86. The van der Waals surface area contributed by atoms with Gasteiger partial charge in [0.15, 0.2) is 0 Å². The van der Waals surface area contributed by atoms with Crippen LogP contribution in [0.15, 0.2) is 72.8 Å². The van der Waals surface area contributed by atoms with Crippen LogP contribution in [-0.4, -0.2) is 10.8 Å². The fourth-order valence-electron chi connectivity index (χ4n) is 2.86. The highest BCUT2D eigenvalue weighted by Crippen LogP contribution is 2.19. The van der Waals surface area contributed by atoms with Gasteiger partial charge in [-0.1, -0.05) is 48.5 Å². The molecule has 0 unspecified atom stereocenters. The predicted octanol–water partition coefficient (Wildman–Crippen LogP) is 4.20. The monoisotopic (exact) mass is 393 g/mol. The van der Waals surface area contributed by atoms with Gasteiger partial charge in [-0.3, -0.25) is 14.9 Å². The number of nitro benzene ring substituents is 1. The molecule has 2 N–H and O–H groups in total. The zero-order valence-electron chi connectivity index (χ0n) is 15.6. The normalized spacial score (nSPS) is 10.4. The lowest BCUT2D eigenvalue weighted by Crippen LogP contribution is -2.25. The van der Waals surface area contributed by atoms with Gasteiger partial charge in [0.25, 0.3) is 5.69 Å². The smallest absolute Gasteiger partial charge is 0.274 e. The molecule has 0 bridgehead atoms. The first-order chi connectivity index (χ1) is 14.0. The molecule has 0 aliphatic rings. The third-order valence-electron chi connectivity index (χ3n) is 4.42. The number of nitro groups is 1. The molecule has 0 aliphatic heterocycles. The molecule has 0 atom stereocenters. The summed E-state index contributed by atoms with van der Waals surface area (Å²) in [5, 5.41) is 16.9. The summed E-state index contributed by atoms with van der Waals surface area (Å²) >= 11 is 0. The lowest BCUT2D eigenvalue weighted by atomic mass is 10.1. The number of halogens is 1. The molecule has 148 valence electrons. The number of nitrogens with one attached hydrogen (secondary N) is 2. The molecule has 0 spiro atoms. The van der Waals surface area contributed by atoms with Crippen molar-refractivity contribution in [2.45, 2.75) is 19.5 Å². The van der Waals surface area contributed by atoms with E-state index in [1.54, 1.807) is 36.4 Å². The van der Waals surface area contributed by atoms with Crippen molar-refractivity contribution in [2.75, 3.05) is 5.32 Å². The van der Waals surface area contributed by atoms with Crippen LogP contribution in [0.2, 0.25) is 0 Å². The van der Waals surface area contributed by atoms with Gasteiger partial charge in [0.2, 0.25) is 5.91 Å². The summed E-state index contributed by atoms with van der Waals surface area (Å²) < 4.78 is 13.6. The van der Waals surface area contributed by atoms with E-state index in [0.717, 1.165) is 11.3 Å². The third kappa shape index (κ3) is 5.62. The number of para-hydroxylation sites is 1. The second-order valence-electron chi connectivity index (χ2n) is 6.48. The standard InChI is InChI=1S/C22H20FN3O3/c23-20-7-3-1-5-17(20)14-25-22(27)13-16-9-11-19(12-10-16)24-15-18-6-2-4-8-21(18)26(28)29/h1-12,24H,13-15H2,(H,25,27). The summed E-state index contributed by atoms with van der Waals surface area (Å²) in [6, 6.07) is 20.1. The maximum Gasteiger partial charge on any atom is 0.274 e. The van der Waals surface area contributed by atoms with E-state index in [1.165, 1.54) is 12.1 Å². The minimum absolute atomic E-state index is 0.0724. The van der Waals surface area contributed by atoms with Crippen LogP contribution in [0, 0.1) is 15.9 Å². The highest BCUT2D eigenvalue weighted by atomic mass is 19.1.